The van der Waals surface area contributed by atoms with Crippen molar-refractivity contribution in [3.8, 4) is 0 Å². The van der Waals surface area contributed by atoms with Crippen LogP contribution in [0.25, 0.3) is 0 Å². The van der Waals surface area contributed by atoms with Crippen molar-refractivity contribution < 1.29 is 19.1 Å². The number of aromatic nitrogens is 2. The zero-order chi connectivity index (χ0) is 14.7. The molecule has 0 atom stereocenters. The fourth-order valence-corrected chi connectivity index (χ4v) is 2.62. The number of thioether (sulfide) groups is 1. The third-order valence-corrected chi connectivity index (χ3v) is 3.99. The molecule has 0 bridgehead atoms. The van der Waals surface area contributed by atoms with Crippen LogP contribution in [0.2, 0.25) is 0 Å². The topological polar surface area (TPSA) is 77.5 Å². The monoisotopic (exact) mass is 296 g/mol. The average molecular weight is 296 g/mol. The zero-order valence-corrected chi connectivity index (χ0v) is 12.4. The van der Waals surface area contributed by atoms with Crippen LogP contribution in [-0.4, -0.2) is 27.7 Å². The van der Waals surface area contributed by atoms with Gasteiger partial charge in [-0.2, -0.15) is 0 Å². The highest BCUT2D eigenvalue weighted by molar-refractivity contribution is 7.98. The van der Waals surface area contributed by atoms with Gasteiger partial charge in [0.2, 0.25) is 0 Å². The van der Waals surface area contributed by atoms with Crippen LogP contribution in [0.5, 0.6) is 0 Å². The van der Waals surface area contributed by atoms with Gasteiger partial charge in [0, 0.05) is 7.05 Å². The Labute approximate surface area is 120 Å². The maximum absolute atomic E-state index is 11.5. The second kappa shape index (κ2) is 6.15. The fraction of sp³-hybridized carbons (Fsp3) is 0.385. The minimum atomic E-state index is -0.401. The summed E-state index contributed by atoms with van der Waals surface area (Å²) in [5, 5.41) is 9.89. The molecule has 0 aliphatic carbocycles. The molecular weight excluding hydrogens is 280 g/mol. The molecule has 7 heteroatoms. The molecule has 0 saturated heterocycles. The molecule has 2 rings (SSSR count). The SMILES string of the molecule is COC(=O)c1cc(CSc2ncc(CO)n2C)oc1C. The maximum Gasteiger partial charge on any atom is 0.341 e. The molecule has 0 unspecified atom stereocenters. The first-order valence-electron chi connectivity index (χ1n) is 5.98. The van der Waals surface area contributed by atoms with E-state index in [0.29, 0.717) is 22.8 Å². The summed E-state index contributed by atoms with van der Waals surface area (Å²) in [4.78, 5) is 15.7. The summed E-state index contributed by atoms with van der Waals surface area (Å²) in [5.74, 6) is 1.37. The number of aryl methyl sites for hydroxylation is 1. The predicted octanol–water partition coefficient (Wildman–Crippen LogP) is 1.89. The van der Waals surface area contributed by atoms with Crippen LogP contribution in [0.4, 0.5) is 0 Å². The van der Waals surface area contributed by atoms with Crippen molar-refractivity contribution in [1.29, 1.82) is 0 Å². The van der Waals surface area contributed by atoms with E-state index in [-0.39, 0.29) is 6.61 Å². The molecule has 0 radical (unpaired) electrons. The van der Waals surface area contributed by atoms with Crippen molar-refractivity contribution in [2.75, 3.05) is 7.11 Å². The Bertz CT molecular complexity index is 618. The molecule has 0 aromatic carbocycles. The van der Waals surface area contributed by atoms with Gasteiger partial charge in [0.05, 0.1) is 31.4 Å². The van der Waals surface area contributed by atoms with Crippen LogP contribution in [-0.2, 0) is 24.1 Å². The van der Waals surface area contributed by atoms with E-state index in [4.69, 9.17) is 9.52 Å². The van der Waals surface area contributed by atoms with Gasteiger partial charge >= 0.3 is 5.97 Å². The van der Waals surface area contributed by atoms with E-state index >= 15 is 0 Å². The Morgan fingerprint density at radius 1 is 1.60 bits per heavy atom. The third kappa shape index (κ3) is 2.88. The first-order valence-corrected chi connectivity index (χ1v) is 6.97. The number of methoxy groups -OCH3 is 1. The minimum Gasteiger partial charge on any atom is -0.465 e. The van der Waals surface area contributed by atoms with Crippen LogP contribution in [0.3, 0.4) is 0 Å². The minimum absolute atomic E-state index is 0.0452. The van der Waals surface area contributed by atoms with Gasteiger partial charge in [-0.1, -0.05) is 11.8 Å². The van der Waals surface area contributed by atoms with Crippen molar-refractivity contribution in [2.24, 2.45) is 7.05 Å². The molecule has 2 aromatic rings. The molecule has 6 nitrogen and oxygen atoms in total. The lowest BCUT2D eigenvalue weighted by atomic mass is 10.2. The van der Waals surface area contributed by atoms with E-state index in [0.717, 1.165) is 10.9 Å². The highest BCUT2D eigenvalue weighted by atomic mass is 32.2. The van der Waals surface area contributed by atoms with Crippen molar-refractivity contribution in [3.63, 3.8) is 0 Å². The highest BCUT2D eigenvalue weighted by Gasteiger charge is 2.16. The van der Waals surface area contributed by atoms with Crippen LogP contribution in [0, 0.1) is 6.92 Å². The molecule has 0 aliphatic heterocycles. The maximum atomic E-state index is 11.5. The van der Waals surface area contributed by atoms with E-state index in [9.17, 15) is 4.79 Å². The lowest BCUT2D eigenvalue weighted by Crippen LogP contribution is -2.00. The Morgan fingerprint density at radius 3 is 2.95 bits per heavy atom. The van der Waals surface area contributed by atoms with Gasteiger partial charge in [-0.25, -0.2) is 9.78 Å². The molecule has 0 spiro atoms. The molecule has 1 N–H and O–H groups in total. The molecule has 20 heavy (non-hydrogen) atoms. The van der Waals surface area contributed by atoms with Crippen LogP contribution in [0.15, 0.2) is 21.8 Å². The summed E-state index contributed by atoms with van der Waals surface area (Å²) in [6.07, 6.45) is 1.63. The summed E-state index contributed by atoms with van der Waals surface area (Å²) in [6.45, 7) is 1.68. The van der Waals surface area contributed by atoms with Crippen molar-refractivity contribution in [3.05, 3.63) is 35.0 Å². The van der Waals surface area contributed by atoms with Crippen LogP contribution in [0.1, 0.15) is 27.6 Å². The second-order valence-corrected chi connectivity index (χ2v) is 5.15. The molecule has 0 aliphatic rings. The van der Waals surface area contributed by atoms with Gasteiger partial charge in [0.1, 0.15) is 17.1 Å². The quantitative estimate of drug-likeness (QED) is 0.670. The number of ether oxygens (including phenoxy) is 1. The van der Waals surface area contributed by atoms with Crippen molar-refractivity contribution in [2.45, 2.75) is 24.4 Å². The molecular formula is C13H16N2O4S. The predicted molar refractivity (Wildman–Crippen MR) is 73.5 cm³/mol. The largest absolute Gasteiger partial charge is 0.465 e. The van der Waals surface area contributed by atoms with Gasteiger partial charge < -0.3 is 18.8 Å². The molecule has 108 valence electrons. The van der Waals surface area contributed by atoms with Crippen molar-refractivity contribution >= 4 is 17.7 Å². The van der Waals surface area contributed by atoms with Gasteiger partial charge in [-0.3, -0.25) is 0 Å². The Balaban J connectivity index is 2.07. The van der Waals surface area contributed by atoms with E-state index in [1.807, 2.05) is 11.6 Å². The Hall–Kier alpha value is -1.73. The fourth-order valence-electron chi connectivity index (χ4n) is 1.77. The molecule has 2 aromatic heterocycles. The van der Waals surface area contributed by atoms with E-state index in [1.54, 1.807) is 19.2 Å². The smallest absolute Gasteiger partial charge is 0.341 e. The summed E-state index contributed by atoms with van der Waals surface area (Å²) in [6, 6.07) is 1.68. The normalized spacial score (nSPS) is 10.8. The number of hydrogen-bond acceptors (Lipinski definition) is 6. The van der Waals surface area contributed by atoms with Gasteiger partial charge in [-0.05, 0) is 13.0 Å². The summed E-state index contributed by atoms with van der Waals surface area (Å²) >= 11 is 1.47. The Morgan fingerprint density at radius 2 is 2.35 bits per heavy atom. The number of furan rings is 1. The number of imidazole rings is 1. The molecule has 0 fully saturated rings. The van der Waals surface area contributed by atoms with Gasteiger partial charge in [0.15, 0.2) is 5.16 Å². The number of carbonyl (C=O) groups is 1. The van der Waals surface area contributed by atoms with Crippen LogP contribution < -0.4 is 0 Å². The molecule has 0 saturated carbocycles. The van der Waals surface area contributed by atoms with E-state index in [2.05, 4.69) is 9.72 Å². The first kappa shape index (κ1) is 14.7. The number of rotatable bonds is 5. The zero-order valence-electron chi connectivity index (χ0n) is 11.5. The van der Waals surface area contributed by atoms with E-state index < -0.39 is 5.97 Å². The number of hydrogen-bond donors (Lipinski definition) is 1. The lowest BCUT2D eigenvalue weighted by Gasteiger charge is -2.02. The second-order valence-electron chi connectivity index (χ2n) is 4.21. The standard InChI is InChI=1S/C13H16N2O4S/c1-8-11(12(17)18-3)4-10(19-8)7-20-13-14-5-9(6-16)15(13)2/h4-5,16H,6-7H2,1-3H3. The number of nitrogens with zero attached hydrogens (tertiary/aromatic N) is 2. The highest BCUT2D eigenvalue weighted by Crippen LogP contribution is 2.25. The van der Waals surface area contributed by atoms with Gasteiger partial charge in [-0.15, -0.1) is 0 Å². The van der Waals surface area contributed by atoms with Crippen LogP contribution >= 0.6 is 11.8 Å². The summed E-state index contributed by atoms with van der Waals surface area (Å²) < 4.78 is 12.0. The Kier molecular flexibility index (Phi) is 4.51. The first-order chi connectivity index (χ1) is 9.56. The number of esters is 1. The number of carbonyl (C=O) groups excluding carboxylic acids is 1. The molecule has 0 amide bonds. The van der Waals surface area contributed by atoms with Gasteiger partial charge in [0.25, 0.3) is 0 Å². The summed E-state index contributed by atoms with van der Waals surface area (Å²) in [5.41, 5.74) is 1.19. The third-order valence-electron chi connectivity index (χ3n) is 2.92. The lowest BCUT2D eigenvalue weighted by molar-refractivity contribution is 0.0599. The van der Waals surface area contributed by atoms with E-state index in [1.165, 1.54) is 18.9 Å². The van der Waals surface area contributed by atoms with Crippen molar-refractivity contribution in [1.82, 2.24) is 9.55 Å². The number of aliphatic hydroxyl groups is 1. The average Bonchev–Trinajstić information content (AvgIpc) is 2.99. The number of aliphatic hydroxyl groups excluding tert-OH is 1. The summed E-state index contributed by atoms with van der Waals surface area (Å²) in [7, 11) is 3.18. The molecule has 2 heterocycles.